The second-order valence-corrected chi connectivity index (χ2v) is 5.61. The van der Waals surface area contributed by atoms with Crippen molar-refractivity contribution in [3.8, 4) is 5.75 Å². The van der Waals surface area contributed by atoms with E-state index in [9.17, 15) is 0 Å². The second kappa shape index (κ2) is 6.76. The third-order valence-corrected chi connectivity index (χ3v) is 4.15. The maximum Gasteiger partial charge on any atom is 0.127 e. The fourth-order valence-electron chi connectivity index (χ4n) is 3.05. The summed E-state index contributed by atoms with van der Waals surface area (Å²) < 4.78 is 5.95. The van der Waals surface area contributed by atoms with Crippen molar-refractivity contribution in [3.63, 3.8) is 0 Å². The second-order valence-electron chi connectivity index (χ2n) is 5.61. The Balaban J connectivity index is 1.52. The van der Waals surface area contributed by atoms with Gasteiger partial charge in [-0.3, -0.25) is 0 Å². The smallest absolute Gasteiger partial charge is 0.127 e. The van der Waals surface area contributed by atoms with E-state index in [1.807, 2.05) is 0 Å². The third kappa shape index (κ3) is 3.31. The molecule has 0 radical (unpaired) electrons. The van der Waals surface area contributed by atoms with Crippen LogP contribution in [0.25, 0.3) is 10.8 Å². The zero-order valence-corrected chi connectivity index (χ0v) is 12.0. The Labute approximate surface area is 121 Å². The van der Waals surface area contributed by atoms with E-state index in [0.717, 1.165) is 18.9 Å². The highest BCUT2D eigenvalue weighted by Gasteiger charge is 2.11. The van der Waals surface area contributed by atoms with Gasteiger partial charge in [0.15, 0.2) is 0 Å². The molecule has 0 unspecified atom stereocenters. The van der Waals surface area contributed by atoms with Gasteiger partial charge in [-0.15, -0.1) is 0 Å². The summed E-state index contributed by atoms with van der Waals surface area (Å²) in [5.41, 5.74) is 0. The van der Waals surface area contributed by atoms with Crippen LogP contribution in [0, 0.1) is 0 Å². The minimum atomic E-state index is 0.708. The molecule has 2 aromatic rings. The minimum Gasteiger partial charge on any atom is -0.492 e. The maximum atomic E-state index is 5.95. The quantitative estimate of drug-likeness (QED) is 0.824. The predicted octanol–water partition coefficient (Wildman–Crippen LogP) is 4.14. The highest BCUT2D eigenvalue weighted by atomic mass is 16.5. The molecule has 0 heterocycles. The van der Waals surface area contributed by atoms with Gasteiger partial charge in [0.2, 0.25) is 0 Å². The first-order valence-electron chi connectivity index (χ1n) is 7.77. The standard InChI is InChI=1S/C18H23NO/c1-2-9-16(10-3-1)19-13-14-20-18-12-6-8-15-7-4-5-11-17(15)18/h4-8,11-12,16,19H,1-3,9-10,13-14H2. The molecular formula is C18H23NO. The maximum absolute atomic E-state index is 5.95. The molecule has 1 saturated carbocycles. The largest absolute Gasteiger partial charge is 0.492 e. The summed E-state index contributed by atoms with van der Waals surface area (Å²) in [6, 6.07) is 15.3. The summed E-state index contributed by atoms with van der Waals surface area (Å²) >= 11 is 0. The monoisotopic (exact) mass is 269 g/mol. The van der Waals surface area contributed by atoms with Crippen molar-refractivity contribution in [3.05, 3.63) is 42.5 Å². The topological polar surface area (TPSA) is 21.3 Å². The third-order valence-electron chi connectivity index (χ3n) is 4.15. The van der Waals surface area contributed by atoms with Crippen LogP contribution >= 0.6 is 0 Å². The average molecular weight is 269 g/mol. The van der Waals surface area contributed by atoms with E-state index < -0.39 is 0 Å². The lowest BCUT2D eigenvalue weighted by atomic mass is 9.96. The Morgan fingerprint density at radius 3 is 2.65 bits per heavy atom. The van der Waals surface area contributed by atoms with E-state index in [4.69, 9.17) is 4.74 Å². The van der Waals surface area contributed by atoms with Gasteiger partial charge in [0, 0.05) is 18.0 Å². The number of fused-ring (bicyclic) bond motifs is 1. The number of ether oxygens (including phenoxy) is 1. The van der Waals surface area contributed by atoms with Crippen LogP contribution in [-0.2, 0) is 0 Å². The first-order chi connectivity index (χ1) is 9.93. The normalized spacial score (nSPS) is 16.4. The lowest BCUT2D eigenvalue weighted by Gasteiger charge is -2.22. The Kier molecular flexibility index (Phi) is 4.54. The lowest BCUT2D eigenvalue weighted by Crippen LogP contribution is -2.34. The van der Waals surface area contributed by atoms with Crippen LogP contribution in [0.5, 0.6) is 5.75 Å². The molecule has 1 aliphatic carbocycles. The molecule has 0 aromatic heterocycles. The van der Waals surface area contributed by atoms with Crippen LogP contribution in [0.2, 0.25) is 0 Å². The summed E-state index contributed by atoms with van der Waals surface area (Å²) in [4.78, 5) is 0. The number of hydrogen-bond acceptors (Lipinski definition) is 2. The fraction of sp³-hybridized carbons (Fsp3) is 0.444. The summed E-state index contributed by atoms with van der Waals surface area (Å²) in [7, 11) is 0. The molecule has 0 spiro atoms. The summed E-state index contributed by atoms with van der Waals surface area (Å²) in [5, 5.41) is 6.06. The molecule has 1 aliphatic rings. The Hall–Kier alpha value is -1.54. The SMILES string of the molecule is c1ccc2c(OCCNC3CCCCC3)cccc2c1. The van der Waals surface area contributed by atoms with Crippen LogP contribution in [0.4, 0.5) is 0 Å². The Morgan fingerprint density at radius 1 is 0.950 bits per heavy atom. The molecule has 2 aromatic carbocycles. The van der Waals surface area contributed by atoms with E-state index in [0.29, 0.717) is 6.04 Å². The van der Waals surface area contributed by atoms with Gasteiger partial charge in [0.1, 0.15) is 12.4 Å². The van der Waals surface area contributed by atoms with Crippen molar-refractivity contribution < 1.29 is 4.74 Å². The Bertz CT molecular complexity index is 541. The molecule has 20 heavy (non-hydrogen) atoms. The molecule has 1 fully saturated rings. The molecule has 0 amide bonds. The van der Waals surface area contributed by atoms with Gasteiger partial charge in [0.05, 0.1) is 0 Å². The first-order valence-corrected chi connectivity index (χ1v) is 7.77. The molecule has 106 valence electrons. The molecule has 2 nitrogen and oxygen atoms in total. The minimum absolute atomic E-state index is 0.708. The number of hydrogen-bond donors (Lipinski definition) is 1. The van der Waals surface area contributed by atoms with Gasteiger partial charge < -0.3 is 10.1 Å². The van der Waals surface area contributed by atoms with Crippen molar-refractivity contribution in [2.45, 2.75) is 38.1 Å². The number of benzene rings is 2. The summed E-state index contributed by atoms with van der Waals surface area (Å²) in [6.07, 6.45) is 6.82. The van der Waals surface area contributed by atoms with E-state index in [1.165, 1.54) is 42.9 Å². The van der Waals surface area contributed by atoms with Gasteiger partial charge in [0.25, 0.3) is 0 Å². The van der Waals surface area contributed by atoms with E-state index in [2.05, 4.69) is 47.8 Å². The van der Waals surface area contributed by atoms with E-state index in [-0.39, 0.29) is 0 Å². The van der Waals surface area contributed by atoms with Gasteiger partial charge in [-0.05, 0) is 24.3 Å². The molecule has 0 bridgehead atoms. The van der Waals surface area contributed by atoms with Crippen molar-refractivity contribution >= 4 is 10.8 Å². The molecule has 1 N–H and O–H groups in total. The zero-order chi connectivity index (χ0) is 13.6. The fourth-order valence-corrected chi connectivity index (χ4v) is 3.05. The van der Waals surface area contributed by atoms with Gasteiger partial charge in [-0.1, -0.05) is 55.7 Å². The number of rotatable bonds is 5. The van der Waals surface area contributed by atoms with Crippen LogP contribution in [0.15, 0.2) is 42.5 Å². The predicted molar refractivity (Wildman–Crippen MR) is 84.3 cm³/mol. The molecule has 3 rings (SSSR count). The van der Waals surface area contributed by atoms with E-state index >= 15 is 0 Å². The lowest BCUT2D eigenvalue weighted by molar-refractivity contribution is 0.292. The van der Waals surface area contributed by atoms with Crippen LogP contribution in [0.3, 0.4) is 0 Å². The van der Waals surface area contributed by atoms with Crippen molar-refractivity contribution in [2.24, 2.45) is 0 Å². The van der Waals surface area contributed by atoms with Crippen LogP contribution in [-0.4, -0.2) is 19.2 Å². The molecule has 0 atom stereocenters. The van der Waals surface area contributed by atoms with Gasteiger partial charge in [-0.25, -0.2) is 0 Å². The average Bonchev–Trinajstić information content (AvgIpc) is 2.53. The highest BCUT2D eigenvalue weighted by Crippen LogP contribution is 2.25. The van der Waals surface area contributed by atoms with Crippen LogP contribution < -0.4 is 10.1 Å². The number of nitrogens with one attached hydrogen (secondary N) is 1. The Morgan fingerprint density at radius 2 is 1.75 bits per heavy atom. The molecular weight excluding hydrogens is 246 g/mol. The van der Waals surface area contributed by atoms with Crippen molar-refractivity contribution in [2.75, 3.05) is 13.2 Å². The van der Waals surface area contributed by atoms with Crippen molar-refractivity contribution in [1.82, 2.24) is 5.32 Å². The van der Waals surface area contributed by atoms with E-state index in [1.54, 1.807) is 0 Å². The summed E-state index contributed by atoms with van der Waals surface area (Å²) in [6.45, 7) is 1.68. The first kappa shape index (κ1) is 13.4. The zero-order valence-electron chi connectivity index (χ0n) is 12.0. The summed E-state index contributed by atoms with van der Waals surface area (Å²) in [5.74, 6) is 0.994. The van der Waals surface area contributed by atoms with Gasteiger partial charge >= 0.3 is 0 Å². The molecule has 2 heteroatoms. The molecule has 0 saturated heterocycles. The van der Waals surface area contributed by atoms with Crippen molar-refractivity contribution in [1.29, 1.82) is 0 Å². The van der Waals surface area contributed by atoms with Crippen LogP contribution in [0.1, 0.15) is 32.1 Å². The highest BCUT2D eigenvalue weighted by molar-refractivity contribution is 5.88. The molecule has 0 aliphatic heterocycles. The van der Waals surface area contributed by atoms with Gasteiger partial charge in [-0.2, -0.15) is 0 Å².